The minimum atomic E-state index is 0.274. The number of piperazine rings is 1. The first-order valence-electron chi connectivity index (χ1n) is 7.32. The summed E-state index contributed by atoms with van der Waals surface area (Å²) >= 11 is 0. The zero-order chi connectivity index (χ0) is 13.0. The Labute approximate surface area is 111 Å². The maximum atomic E-state index is 12.0. The van der Waals surface area contributed by atoms with Crippen LogP contribution in [0.5, 0.6) is 0 Å². The molecule has 0 unspecified atom stereocenters. The summed E-state index contributed by atoms with van der Waals surface area (Å²) in [6.07, 6.45) is 5.25. The first-order chi connectivity index (χ1) is 8.65. The van der Waals surface area contributed by atoms with Crippen molar-refractivity contribution in [1.82, 2.24) is 15.1 Å². The Kier molecular flexibility index (Phi) is 4.62. The van der Waals surface area contributed by atoms with Crippen molar-refractivity contribution in [3.05, 3.63) is 0 Å². The Hall–Kier alpha value is -0.610. The van der Waals surface area contributed by atoms with Crippen LogP contribution in [0.4, 0.5) is 0 Å². The van der Waals surface area contributed by atoms with E-state index in [2.05, 4.69) is 24.2 Å². The van der Waals surface area contributed by atoms with Gasteiger partial charge in [-0.2, -0.15) is 0 Å². The molecular formula is C14H27N3O. The van der Waals surface area contributed by atoms with Crippen LogP contribution in [-0.4, -0.2) is 62.0 Å². The number of carbonyl (C=O) groups is 1. The number of carbonyl (C=O) groups excluding carboxylic acids is 1. The van der Waals surface area contributed by atoms with Crippen molar-refractivity contribution >= 4 is 5.91 Å². The maximum Gasteiger partial charge on any atom is 0.236 e. The van der Waals surface area contributed by atoms with Gasteiger partial charge in [0, 0.05) is 32.7 Å². The van der Waals surface area contributed by atoms with Crippen molar-refractivity contribution in [3.8, 4) is 0 Å². The SMILES string of the molecule is CCCC1(CNCC(=O)N2CCN(C)CC2)CC1. The fraction of sp³-hybridized carbons (Fsp3) is 0.929. The highest BCUT2D eigenvalue weighted by atomic mass is 16.2. The summed E-state index contributed by atoms with van der Waals surface area (Å²) < 4.78 is 0. The quantitative estimate of drug-likeness (QED) is 0.765. The summed E-state index contributed by atoms with van der Waals surface area (Å²) in [7, 11) is 2.11. The zero-order valence-corrected chi connectivity index (χ0v) is 11.9. The summed E-state index contributed by atoms with van der Waals surface area (Å²) in [6.45, 7) is 7.58. The van der Waals surface area contributed by atoms with Crippen molar-refractivity contribution in [2.45, 2.75) is 32.6 Å². The predicted molar refractivity (Wildman–Crippen MR) is 73.5 cm³/mol. The summed E-state index contributed by atoms with van der Waals surface area (Å²) in [4.78, 5) is 16.3. The van der Waals surface area contributed by atoms with Gasteiger partial charge in [-0.25, -0.2) is 0 Å². The van der Waals surface area contributed by atoms with E-state index >= 15 is 0 Å². The van der Waals surface area contributed by atoms with Crippen LogP contribution in [0.1, 0.15) is 32.6 Å². The molecule has 1 N–H and O–H groups in total. The van der Waals surface area contributed by atoms with E-state index in [1.807, 2.05) is 4.90 Å². The fourth-order valence-electron chi connectivity index (χ4n) is 2.82. The van der Waals surface area contributed by atoms with Gasteiger partial charge in [0.05, 0.1) is 6.54 Å². The Balaban J connectivity index is 1.63. The molecule has 1 saturated heterocycles. The van der Waals surface area contributed by atoms with Crippen LogP contribution < -0.4 is 5.32 Å². The smallest absolute Gasteiger partial charge is 0.236 e. The summed E-state index contributed by atoms with van der Waals surface area (Å²) in [5.74, 6) is 0.274. The van der Waals surface area contributed by atoms with E-state index in [-0.39, 0.29) is 5.91 Å². The highest BCUT2D eigenvalue weighted by molar-refractivity contribution is 5.78. The molecule has 18 heavy (non-hydrogen) atoms. The molecule has 0 aromatic heterocycles. The van der Waals surface area contributed by atoms with Crippen molar-refractivity contribution in [3.63, 3.8) is 0 Å². The van der Waals surface area contributed by atoms with Gasteiger partial charge >= 0.3 is 0 Å². The van der Waals surface area contributed by atoms with Crippen molar-refractivity contribution in [1.29, 1.82) is 0 Å². The van der Waals surface area contributed by atoms with Gasteiger partial charge in [-0.15, -0.1) is 0 Å². The predicted octanol–water partition coefficient (Wildman–Crippen LogP) is 0.930. The molecule has 104 valence electrons. The van der Waals surface area contributed by atoms with Crippen LogP contribution in [-0.2, 0) is 4.79 Å². The molecule has 0 spiro atoms. The molecule has 2 rings (SSSR count). The molecule has 1 heterocycles. The maximum absolute atomic E-state index is 12.0. The highest BCUT2D eigenvalue weighted by Gasteiger charge is 2.40. The molecule has 1 aliphatic carbocycles. The third-order valence-electron chi connectivity index (χ3n) is 4.37. The lowest BCUT2D eigenvalue weighted by molar-refractivity contribution is -0.131. The first kappa shape index (κ1) is 13.8. The van der Waals surface area contributed by atoms with Gasteiger partial charge in [-0.05, 0) is 31.7 Å². The number of hydrogen-bond acceptors (Lipinski definition) is 3. The molecule has 0 bridgehead atoms. The van der Waals surface area contributed by atoms with Crippen LogP contribution in [0.25, 0.3) is 0 Å². The van der Waals surface area contributed by atoms with Gasteiger partial charge < -0.3 is 15.1 Å². The number of likely N-dealkylation sites (N-methyl/N-ethyl adjacent to an activating group) is 1. The minimum absolute atomic E-state index is 0.274. The van der Waals surface area contributed by atoms with Crippen molar-refractivity contribution < 1.29 is 4.79 Å². The van der Waals surface area contributed by atoms with Gasteiger partial charge in [-0.3, -0.25) is 4.79 Å². The van der Waals surface area contributed by atoms with Crippen LogP contribution in [0.15, 0.2) is 0 Å². The summed E-state index contributed by atoms with van der Waals surface area (Å²) in [6, 6.07) is 0. The number of hydrogen-bond donors (Lipinski definition) is 1. The zero-order valence-electron chi connectivity index (χ0n) is 11.9. The van der Waals surface area contributed by atoms with Crippen molar-refractivity contribution in [2.24, 2.45) is 5.41 Å². The Morgan fingerprint density at radius 3 is 2.44 bits per heavy atom. The molecule has 1 saturated carbocycles. The van der Waals surface area contributed by atoms with E-state index in [0.717, 1.165) is 32.7 Å². The Morgan fingerprint density at radius 1 is 1.22 bits per heavy atom. The third-order valence-corrected chi connectivity index (χ3v) is 4.37. The van der Waals surface area contributed by atoms with Gasteiger partial charge in [0.2, 0.25) is 5.91 Å². The fourth-order valence-corrected chi connectivity index (χ4v) is 2.82. The monoisotopic (exact) mass is 253 g/mol. The van der Waals surface area contributed by atoms with Crippen LogP contribution in [0.3, 0.4) is 0 Å². The Morgan fingerprint density at radius 2 is 1.89 bits per heavy atom. The molecule has 1 amide bonds. The van der Waals surface area contributed by atoms with Gasteiger partial charge in [0.1, 0.15) is 0 Å². The van der Waals surface area contributed by atoms with E-state index in [0.29, 0.717) is 12.0 Å². The van der Waals surface area contributed by atoms with E-state index in [1.165, 1.54) is 25.7 Å². The van der Waals surface area contributed by atoms with Crippen molar-refractivity contribution in [2.75, 3.05) is 46.3 Å². The second-order valence-electron chi connectivity index (χ2n) is 6.04. The van der Waals surface area contributed by atoms with E-state index in [1.54, 1.807) is 0 Å². The first-order valence-corrected chi connectivity index (χ1v) is 7.32. The molecule has 2 fully saturated rings. The molecular weight excluding hydrogens is 226 g/mol. The lowest BCUT2D eigenvalue weighted by Crippen LogP contribution is -2.49. The molecule has 1 aliphatic heterocycles. The molecule has 4 heteroatoms. The number of nitrogens with one attached hydrogen (secondary N) is 1. The van der Waals surface area contributed by atoms with E-state index in [9.17, 15) is 4.79 Å². The Bertz CT molecular complexity index is 281. The largest absolute Gasteiger partial charge is 0.339 e. The number of rotatable bonds is 6. The number of nitrogens with zero attached hydrogens (tertiary/aromatic N) is 2. The van der Waals surface area contributed by atoms with E-state index in [4.69, 9.17) is 0 Å². The van der Waals surface area contributed by atoms with Crippen LogP contribution in [0, 0.1) is 5.41 Å². The lowest BCUT2D eigenvalue weighted by Gasteiger charge is -2.32. The van der Waals surface area contributed by atoms with Gasteiger partial charge in [-0.1, -0.05) is 13.3 Å². The highest BCUT2D eigenvalue weighted by Crippen LogP contribution is 2.48. The van der Waals surface area contributed by atoms with Crippen LogP contribution >= 0.6 is 0 Å². The molecule has 2 aliphatic rings. The summed E-state index contributed by atoms with van der Waals surface area (Å²) in [5, 5.41) is 3.38. The minimum Gasteiger partial charge on any atom is -0.339 e. The molecule has 0 aromatic rings. The van der Waals surface area contributed by atoms with E-state index < -0.39 is 0 Å². The topological polar surface area (TPSA) is 35.6 Å². The summed E-state index contributed by atoms with van der Waals surface area (Å²) in [5.41, 5.74) is 0.539. The van der Waals surface area contributed by atoms with Gasteiger partial charge in [0.15, 0.2) is 0 Å². The third kappa shape index (κ3) is 3.69. The molecule has 4 nitrogen and oxygen atoms in total. The average Bonchev–Trinajstić information content (AvgIpc) is 3.10. The molecule has 0 aromatic carbocycles. The van der Waals surface area contributed by atoms with Crippen LogP contribution in [0.2, 0.25) is 0 Å². The lowest BCUT2D eigenvalue weighted by atomic mass is 10.0. The normalized spacial score (nSPS) is 23.1. The number of amides is 1. The average molecular weight is 253 g/mol. The second-order valence-corrected chi connectivity index (χ2v) is 6.04. The van der Waals surface area contributed by atoms with Gasteiger partial charge in [0.25, 0.3) is 0 Å². The molecule has 0 atom stereocenters. The molecule has 0 radical (unpaired) electrons. The standard InChI is InChI=1S/C14H27N3O/c1-3-4-14(5-6-14)12-15-11-13(18)17-9-7-16(2)8-10-17/h15H,3-12H2,1-2H3. The second kappa shape index (κ2) is 6.02.